The highest BCUT2D eigenvalue weighted by atomic mass is 31.1. The first-order valence-corrected chi connectivity index (χ1v) is 16.4. The number of hydrogen-bond donors (Lipinski definition) is 0. The van der Waals surface area contributed by atoms with Gasteiger partial charge in [0.25, 0.3) is 5.91 Å². The Balaban J connectivity index is 1.39. The molecule has 2 aliphatic heterocycles. The second kappa shape index (κ2) is 10.5. The zero-order valence-corrected chi connectivity index (χ0v) is 23.2. The molecule has 2 saturated carbocycles. The van der Waals surface area contributed by atoms with E-state index in [1.807, 2.05) is 0 Å². The molecule has 4 heteroatoms. The van der Waals surface area contributed by atoms with E-state index >= 15 is 0 Å². The third-order valence-corrected chi connectivity index (χ3v) is 13.1. The number of para-hydroxylation sites is 2. The molecule has 2 atom stereocenters. The number of anilines is 2. The number of rotatable bonds is 5. The van der Waals surface area contributed by atoms with Crippen molar-refractivity contribution in [2.75, 3.05) is 9.80 Å². The summed E-state index contributed by atoms with van der Waals surface area (Å²) in [5.41, 5.74) is 6.60. The Labute approximate surface area is 229 Å². The fourth-order valence-corrected chi connectivity index (χ4v) is 11.8. The Morgan fingerprint density at radius 3 is 1.97 bits per heavy atom. The fraction of sp³-hybridized carbons (Fsp3) is 0.441. The number of amides is 1. The highest BCUT2D eigenvalue weighted by Gasteiger charge is 2.52. The van der Waals surface area contributed by atoms with E-state index < -0.39 is 0 Å². The molecule has 3 aromatic carbocycles. The van der Waals surface area contributed by atoms with Crippen LogP contribution in [-0.4, -0.2) is 23.3 Å². The zero-order chi connectivity index (χ0) is 25.5. The summed E-state index contributed by atoms with van der Waals surface area (Å²) >= 11 is 0. The van der Waals surface area contributed by atoms with E-state index in [0.29, 0.717) is 0 Å². The van der Waals surface area contributed by atoms with Crippen LogP contribution in [0.25, 0.3) is 0 Å². The number of carbonyl (C=O) groups is 1. The Morgan fingerprint density at radius 1 is 0.658 bits per heavy atom. The molecule has 0 N–H and O–H groups in total. The number of nitrogens with zero attached hydrogens (tertiary/aromatic N) is 2. The van der Waals surface area contributed by atoms with Crippen molar-refractivity contribution in [3.05, 3.63) is 90.0 Å². The minimum absolute atomic E-state index is 0.0908. The summed E-state index contributed by atoms with van der Waals surface area (Å²) in [4.78, 5) is 18.8. The lowest BCUT2D eigenvalue weighted by Crippen LogP contribution is -2.37. The minimum atomic E-state index is -0.281. The van der Waals surface area contributed by atoms with Gasteiger partial charge in [0.15, 0.2) is 0 Å². The van der Waals surface area contributed by atoms with Gasteiger partial charge in [0, 0.05) is 23.4 Å². The van der Waals surface area contributed by atoms with E-state index in [0.717, 1.165) is 23.4 Å². The van der Waals surface area contributed by atoms with Crippen LogP contribution < -0.4 is 15.1 Å². The van der Waals surface area contributed by atoms with Crippen molar-refractivity contribution >= 4 is 30.5 Å². The van der Waals surface area contributed by atoms with Crippen LogP contribution in [0, 0.1) is 0 Å². The lowest BCUT2D eigenvalue weighted by molar-refractivity contribution is -0.118. The van der Waals surface area contributed by atoms with Crippen LogP contribution in [0.4, 0.5) is 11.4 Å². The summed E-state index contributed by atoms with van der Waals surface area (Å²) in [5, 5.41) is 1.59. The molecular formula is C34H39N2OP. The quantitative estimate of drug-likeness (QED) is 0.318. The highest BCUT2D eigenvalue weighted by Crippen LogP contribution is 2.57. The van der Waals surface area contributed by atoms with Crippen molar-refractivity contribution in [1.29, 1.82) is 0 Å². The van der Waals surface area contributed by atoms with Crippen LogP contribution in [0.2, 0.25) is 0 Å². The SMILES string of the molecule is O=C1[C@@H]2Cc3ccccc3N2[C@@H](c2ccccc2P(C2CCCCC2)C2CCCCC2)N1c1ccccc1. The summed E-state index contributed by atoms with van der Waals surface area (Å²) in [6, 6.07) is 28.3. The number of carbonyl (C=O) groups excluding carboxylic acids is 1. The monoisotopic (exact) mass is 522 g/mol. The molecule has 0 spiro atoms. The molecule has 0 radical (unpaired) electrons. The van der Waals surface area contributed by atoms with Gasteiger partial charge >= 0.3 is 0 Å². The van der Waals surface area contributed by atoms with Crippen LogP contribution in [-0.2, 0) is 11.2 Å². The minimum Gasteiger partial charge on any atom is -0.334 e. The number of hydrogen-bond acceptors (Lipinski definition) is 2. The highest BCUT2D eigenvalue weighted by molar-refractivity contribution is 7.67. The topological polar surface area (TPSA) is 23.6 Å². The Bertz CT molecular complexity index is 1260. The van der Waals surface area contributed by atoms with E-state index in [2.05, 4.69) is 88.7 Å². The van der Waals surface area contributed by atoms with Crippen molar-refractivity contribution in [2.45, 2.75) is 94.2 Å². The van der Waals surface area contributed by atoms with Gasteiger partial charge in [0.05, 0.1) is 0 Å². The van der Waals surface area contributed by atoms with Gasteiger partial charge in [-0.1, -0.05) is 107 Å². The fourth-order valence-electron chi connectivity index (χ4n) is 7.82. The van der Waals surface area contributed by atoms with Gasteiger partial charge in [-0.05, 0) is 66.1 Å². The van der Waals surface area contributed by atoms with E-state index in [1.165, 1.54) is 81.0 Å². The lowest BCUT2D eigenvalue weighted by atomic mass is 9.99. The van der Waals surface area contributed by atoms with Crippen LogP contribution in [0.5, 0.6) is 0 Å². The Hall–Kier alpha value is -2.64. The summed E-state index contributed by atoms with van der Waals surface area (Å²) in [6.07, 6.45) is 14.6. The van der Waals surface area contributed by atoms with E-state index in [4.69, 9.17) is 0 Å². The first kappa shape index (κ1) is 24.4. The van der Waals surface area contributed by atoms with Gasteiger partial charge in [-0.3, -0.25) is 9.69 Å². The average molecular weight is 523 g/mol. The van der Waals surface area contributed by atoms with E-state index in [1.54, 1.807) is 5.30 Å². The standard InChI is InChI=1S/C34H39N2OP/c37-34-31-24-25-14-10-12-22-30(25)36(31)33(35(34)26-15-4-1-5-16-26)29-21-11-13-23-32(29)38(27-17-6-2-7-18-27)28-19-8-3-9-20-28/h1,4-5,10-16,21-23,27-28,31,33H,2-3,6-9,17-20,24H2/t31-,33-/m0/s1. The van der Waals surface area contributed by atoms with E-state index in [-0.39, 0.29) is 26.0 Å². The first-order chi connectivity index (χ1) is 18.8. The van der Waals surface area contributed by atoms with Crippen molar-refractivity contribution in [3.8, 4) is 0 Å². The van der Waals surface area contributed by atoms with Crippen LogP contribution in [0.15, 0.2) is 78.9 Å². The van der Waals surface area contributed by atoms with Crippen molar-refractivity contribution in [2.24, 2.45) is 0 Å². The molecule has 196 valence electrons. The Kier molecular flexibility index (Phi) is 6.74. The smallest absolute Gasteiger partial charge is 0.252 e. The maximum Gasteiger partial charge on any atom is 0.252 e. The molecule has 3 nitrogen and oxygen atoms in total. The van der Waals surface area contributed by atoms with Crippen molar-refractivity contribution < 1.29 is 4.79 Å². The van der Waals surface area contributed by atoms with Gasteiger partial charge in [0.2, 0.25) is 0 Å². The maximum absolute atomic E-state index is 14.2. The number of fused-ring (bicyclic) bond motifs is 3. The molecule has 38 heavy (non-hydrogen) atoms. The van der Waals surface area contributed by atoms with Gasteiger partial charge < -0.3 is 4.90 Å². The molecule has 0 bridgehead atoms. The number of benzene rings is 3. The van der Waals surface area contributed by atoms with E-state index in [9.17, 15) is 4.79 Å². The molecule has 3 aromatic rings. The second-order valence-corrected chi connectivity index (χ2v) is 14.5. The molecule has 3 fully saturated rings. The molecule has 1 amide bonds. The second-order valence-electron chi connectivity index (χ2n) is 11.7. The van der Waals surface area contributed by atoms with Crippen LogP contribution >= 0.6 is 7.92 Å². The van der Waals surface area contributed by atoms with Crippen LogP contribution in [0.1, 0.15) is 81.5 Å². The summed E-state index contributed by atoms with van der Waals surface area (Å²) in [6.45, 7) is 0. The molecule has 0 unspecified atom stereocenters. The zero-order valence-electron chi connectivity index (χ0n) is 22.3. The molecular weight excluding hydrogens is 483 g/mol. The predicted molar refractivity (Wildman–Crippen MR) is 160 cm³/mol. The van der Waals surface area contributed by atoms with Gasteiger partial charge in [-0.25, -0.2) is 0 Å². The third kappa shape index (κ3) is 4.19. The van der Waals surface area contributed by atoms with Crippen molar-refractivity contribution in [1.82, 2.24) is 0 Å². The predicted octanol–water partition coefficient (Wildman–Crippen LogP) is 7.94. The first-order valence-electron chi connectivity index (χ1n) is 14.9. The Morgan fingerprint density at radius 2 is 1.26 bits per heavy atom. The molecule has 4 aliphatic rings. The van der Waals surface area contributed by atoms with Crippen LogP contribution in [0.3, 0.4) is 0 Å². The molecule has 7 rings (SSSR count). The molecule has 2 heterocycles. The maximum atomic E-state index is 14.2. The van der Waals surface area contributed by atoms with Gasteiger partial charge in [-0.2, -0.15) is 0 Å². The van der Waals surface area contributed by atoms with Crippen molar-refractivity contribution in [3.63, 3.8) is 0 Å². The summed E-state index contributed by atoms with van der Waals surface area (Å²) in [7, 11) is -0.281. The largest absolute Gasteiger partial charge is 0.334 e. The molecule has 1 saturated heterocycles. The summed E-state index contributed by atoms with van der Waals surface area (Å²) in [5.74, 6) is 0.242. The normalized spacial score (nSPS) is 24.2. The molecule has 0 aromatic heterocycles. The molecule has 2 aliphatic carbocycles. The average Bonchev–Trinajstić information content (AvgIpc) is 3.50. The van der Waals surface area contributed by atoms with Gasteiger partial charge in [-0.15, -0.1) is 0 Å². The summed E-state index contributed by atoms with van der Waals surface area (Å²) < 4.78 is 0. The lowest BCUT2D eigenvalue weighted by Gasteiger charge is -2.41. The third-order valence-electron chi connectivity index (χ3n) is 9.51. The van der Waals surface area contributed by atoms with Gasteiger partial charge in [0.1, 0.15) is 12.2 Å².